The number of carbonyl (C=O) groups is 1. The molecule has 100 valence electrons. The number of carbonyl (C=O) groups excluding carboxylic acids is 1. The van der Waals surface area contributed by atoms with Gasteiger partial charge in [0.2, 0.25) is 0 Å². The van der Waals surface area contributed by atoms with Gasteiger partial charge in [0.05, 0.1) is 0 Å². The molecule has 0 amide bonds. The molecular formula is C17H26O. The van der Waals surface area contributed by atoms with E-state index in [2.05, 4.69) is 19.9 Å². The summed E-state index contributed by atoms with van der Waals surface area (Å²) in [7, 11) is 0. The van der Waals surface area contributed by atoms with Crippen molar-refractivity contribution in [1.82, 2.24) is 0 Å². The van der Waals surface area contributed by atoms with Gasteiger partial charge in [0, 0.05) is 5.56 Å². The molecule has 1 aromatic rings. The van der Waals surface area contributed by atoms with Gasteiger partial charge >= 0.3 is 0 Å². The zero-order valence-corrected chi connectivity index (χ0v) is 12.1. The molecule has 0 bridgehead atoms. The molecule has 1 heteroatoms. The van der Waals surface area contributed by atoms with Crippen LogP contribution < -0.4 is 0 Å². The first-order valence-electron chi connectivity index (χ1n) is 7.24. The van der Waals surface area contributed by atoms with E-state index in [1.807, 2.05) is 13.0 Å². The smallest absolute Gasteiger partial charge is 0.150 e. The SMILES string of the molecule is CCCCCCCCc1cc(C)c(C=O)cc1C. The van der Waals surface area contributed by atoms with Crippen LogP contribution in [0.15, 0.2) is 12.1 Å². The highest BCUT2D eigenvalue weighted by atomic mass is 16.1. The van der Waals surface area contributed by atoms with Gasteiger partial charge in [-0.1, -0.05) is 45.1 Å². The van der Waals surface area contributed by atoms with Crippen molar-refractivity contribution in [2.24, 2.45) is 0 Å². The Hall–Kier alpha value is -1.11. The third-order valence-corrected chi connectivity index (χ3v) is 3.65. The summed E-state index contributed by atoms with van der Waals surface area (Å²) in [5.41, 5.74) is 4.61. The lowest BCUT2D eigenvalue weighted by molar-refractivity contribution is 0.112. The molecule has 0 saturated heterocycles. The van der Waals surface area contributed by atoms with Gasteiger partial charge < -0.3 is 0 Å². The van der Waals surface area contributed by atoms with Crippen molar-refractivity contribution in [3.05, 3.63) is 34.4 Å². The number of unbranched alkanes of at least 4 members (excludes halogenated alkanes) is 5. The lowest BCUT2D eigenvalue weighted by Gasteiger charge is -2.09. The van der Waals surface area contributed by atoms with Crippen molar-refractivity contribution >= 4 is 6.29 Å². The van der Waals surface area contributed by atoms with Crippen molar-refractivity contribution in [2.45, 2.75) is 65.7 Å². The molecule has 1 aromatic carbocycles. The van der Waals surface area contributed by atoms with Crippen molar-refractivity contribution in [2.75, 3.05) is 0 Å². The molecule has 1 rings (SSSR count). The number of hydrogen-bond acceptors (Lipinski definition) is 1. The molecule has 0 N–H and O–H groups in total. The minimum Gasteiger partial charge on any atom is -0.298 e. The number of aldehydes is 1. The minimum absolute atomic E-state index is 0.833. The first kappa shape index (κ1) is 14.9. The molecule has 0 heterocycles. The quantitative estimate of drug-likeness (QED) is 0.465. The van der Waals surface area contributed by atoms with Crippen LogP contribution in [0.5, 0.6) is 0 Å². The van der Waals surface area contributed by atoms with Crippen molar-refractivity contribution in [1.29, 1.82) is 0 Å². The number of benzene rings is 1. The maximum absolute atomic E-state index is 10.9. The van der Waals surface area contributed by atoms with Crippen LogP contribution in [0.4, 0.5) is 0 Å². The number of aryl methyl sites for hydroxylation is 3. The fourth-order valence-electron chi connectivity index (χ4n) is 2.39. The van der Waals surface area contributed by atoms with Crippen molar-refractivity contribution in [3.8, 4) is 0 Å². The van der Waals surface area contributed by atoms with Gasteiger partial charge in [0.25, 0.3) is 0 Å². The second kappa shape index (κ2) is 8.07. The molecule has 18 heavy (non-hydrogen) atoms. The zero-order valence-electron chi connectivity index (χ0n) is 12.1. The fraction of sp³-hybridized carbons (Fsp3) is 0.588. The Morgan fingerprint density at radius 1 is 0.944 bits per heavy atom. The molecule has 0 fully saturated rings. The minimum atomic E-state index is 0.833. The lowest BCUT2D eigenvalue weighted by Crippen LogP contribution is -1.95. The normalized spacial score (nSPS) is 10.6. The topological polar surface area (TPSA) is 17.1 Å². The van der Waals surface area contributed by atoms with Crippen LogP contribution in [0, 0.1) is 13.8 Å². The second-order valence-corrected chi connectivity index (χ2v) is 5.27. The van der Waals surface area contributed by atoms with Gasteiger partial charge in [0.15, 0.2) is 0 Å². The van der Waals surface area contributed by atoms with Gasteiger partial charge in [-0.3, -0.25) is 4.79 Å². The zero-order chi connectivity index (χ0) is 13.4. The Morgan fingerprint density at radius 2 is 1.61 bits per heavy atom. The van der Waals surface area contributed by atoms with E-state index in [1.165, 1.54) is 49.7 Å². The molecule has 0 spiro atoms. The predicted molar refractivity (Wildman–Crippen MR) is 78.4 cm³/mol. The molecule has 0 aliphatic rings. The molecule has 1 nitrogen and oxygen atoms in total. The summed E-state index contributed by atoms with van der Waals surface area (Å²) >= 11 is 0. The molecule has 0 aromatic heterocycles. The largest absolute Gasteiger partial charge is 0.298 e. The van der Waals surface area contributed by atoms with Crippen LogP contribution in [-0.2, 0) is 6.42 Å². The molecular weight excluding hydrogens is 220 g/mol. The van der Waals surface area contributed by atoms with Crippen LogP contribution in [-0.4, -0.2) is 6.29 Å². The summed E-state index contributed by atoms with van der Waals surface area (Å²) in [5, 5.41) is 0. The third-order valence-electron chi connectivity index (χ3n) is 3.65. The Kier molecular flexibility index (Phi) is 6.70. The fourth-order valence-corrected chi connectivity index (χ4v) is 2.39. The van der Waals surface area contributed by atoms with E-state index < -0.39 is 0 Å². The highest BCUT2D eigenvalue weighted by molar-refractivity contribution is 5.77. The van der Waals surface area contributed by atoms with E-state index in [9.17, 15) is 4.79 Å². The lowest BCUT2D eigenvalue weighted by atomic mass is 9.96. The average molecular weight is 246 g/mol. The molecule has 0 aliphatic carbocycles. The van der Waals surface area contributed by atoms with E-state index in [0.717, 1.165) is 23.8 Å². The maximum atomic E-state index is 10.9. The van der Waals surface area contributed by atoms with E-state index in [4.69, 9.17) is 0 Å². The monoisotopic (exact) mass is 246 g/mol. The summed E-state index contributed by atoms with van der Waals surface area (Å²) in [6.07, 6.45) is 10.1. The van der Waals surface area contributed by atoms with E-state index in [1.54, 1.807) is 0 Å². The summed E-state index contributed by atoms with van der Waals surface area (Å²) in [6.45, 7) is 6.38. The summed E-state index contributed by atoms with van der Waals surface area (Å²) in [6, 6.07) is 4.21. The Morgan fingerprint density at radius 3 is 2.28 bits per heavy atom. The first-order chi connectivity index (χ1) is 8.69. The van der Waals surface area contributed by atoms with Gasteiger partial charge in [-0.05, 0) is 49.4 Å². The Bertz CT molecular complexity index is 379. The molecule has 0 atom stereocenters. The first-order valence-corrected chi connectivity index (χ1v) is 7.24. The summed E-state index contributed by atoms with van der Waals surface area (Å²) in [5.74, 6) is 0. The average Bonchev–Trinajstić information content (AvgIpc) is 2.37. The van der Waals surface area contributed by atoms with Gasteiger partial charge in [-0.25, -0.2) is 0 Å². The third kappa shape index (κ3) is 4.64. The highest BCUT2D eigenvalue weighted by Crippen LogP contribution is 2.18. The molecule has 0 unspecified atom stereocenters. The van der Waals surface area contributed by atoms with E-state index >= 15 is 0 Å². The number of hydrogen-bond donors (Lipinski definition) is 0. The van der Waals surface area contributed by atoms with Gasteiger partial charge in [-0.2, -0.15) is 0 Å². The summed E-state index contributed by atoms with van der Waals surface area (Å²) in [4.78, 5) is 10.9. The molecule has 0 saturated carbocycles. The van der Waals surface area contributed by atoms with E-state index in [-0.39, 0.29) is 0 Å². The van der Waals surface area contributed by atoms with Crippen molar-refractivity contribution < 1.29 is 4.79 Å². The molecule has 0 radical (unpaired) electrons. The molecule has 0 aliphatic heterocycles. The highest BCUT2D eigenvalue weighted by Gasteiger charge is 2.03. The van der Waals surface area contributed by atoms with Crippen LogP contribution in [0.1, 0.15) is 72.5 Å². The van der Waals surface area contributed by atoms with Crippen LogP contribution in [0.25, 0.3) is 0 Å². The van der Waals surface area contributed by atoms with Crippen LogP contribution in [0.2, 0.25) is 0 Å². The Labute approximate surface area is 112 Å². The number of rotatable bonds is 8. The Balaban J connectivity index is 2.43. The van der Waals surface area contributed by atoms with E-state index in [0.29, 0.717) is 0 Å². The summed E-state index contributed by atoms with van der Waals surface area (Å²) < 4.78 is 0. The maximum Gasteiger partial charge on any atom is 0.150 e. The van der Waals surface area contributed by atoms with Crippen LogP contribution >= 0.6 is 0 Å². The second-order valence-electron chi connectivity index (χ2n) is 5.27. The van der Waals surface area contributed by atoms with Crippen molar-refractivity contribution in [3.63, 3.8) is 0 Å². The van der Waals surface area contributed by atoms with Gasteiger partial charge in [0.1, 0.15) is 6.29 Å². The van der Waals surface area contributed by atoms with Crippen LogP contribution in [0.3, 0.4) is 0 Å². The van der Waals surface area contributed by atoms with Gasteiger partial charge in [-0.15, -0.1) is 0 Å². The standard InChI is InChI=1S/C17H26O/c1-4-5-6-7-8-9-10-16-11-15(3)17(13-18)12-14(16)2/h11-13H,4-10H2,1-3H3. The predicted octanol–water partition coefficient (Wildman–Crippen LogP) is 5.02.